The summed E-state index contributed by atoms with van der Waals surface area (Å²) in [6.07, 6.45) is 0.358. The summed E-state index contributed by atoms with van der Waals surface area (Å²) < 4.78 is 4.95. The van der Waals surface area contributed by atoms with Crippen molar-refractivity contribution < 1.29 is 19.6 Å². The molecule has 0 saturated heterocycles. The fraction of sp³-hybridized carbons (Fsp3) is 0.250. The molecule has 0 bridgehead atoms. The number of nitrogens with zero attached hydrogens (tertiary/aromatic N) is 3. The van der Waals surface area contributed by atoms with E-state index in [4.69, 9.17) is 4.74 Å². The quantitative estimate of drug-likeness (QED) is 0.665. The molecule has 0 fully saturated rings. The van der Waals surface area contributed by atoms with Gasteiger partial charge in [-0.3, -0.25) is 14.9 Å². The molecule has 1 aromatic carbocycles. The molecule has 0 spiro atoms. The van der Waals surface area contributed by atoms with Crippen LogP contribution in [0, 0.1) is 10.1 Å². The number of rotatable bonds is 4. The van der Waals surface area contributed by atoms with Gasteiger partial charge in [-0.05, 0) is 11.4 Å². The van der Waals surface area contributed by atoms with Crippen molar-refractivity contribution >= 4 is 28.6 Å². The summed E-state index contributed by atoms with van der Waals surface area (Å²) in [4.78, 5) is 23.6. The van der Waals surface area contributed by atoms with Crippen molar-refractivity contribution in [3.05, 3.63) is 50.2 Å². The van der Waals surface area contributed by atoms with Crippen LogP contribution < -0.4 is 4.74 Å². The Morgan fingerprint density at radius 3 is 2.84 bits per heavy atom. The molecule has 0 unspecified atom stereocenters. The summed E-state index contributed by atoms with van der Waals surface area (Å²) in [7, 11) is 1.29. The molecule has 8 nitrogen and oxygen atoms in total. The van der Waals surface area contributed by atoms with Crippen LogP contribution in [0.2, 0.25) is 0 Å². The van der Waals surface area contributed by atoms with Gasteiger partial charge < -0.3 is 9.84 Å². The number of benzene rings is 1. The molecule has 0 radical (unpaired) electrons. The van der Waals surface area contributed by atoms with Crippen molar-refractivity contribution in [2.24, 2.45) is 5.10 Å². The molecule has 25 heavy (non-hydrogen) atoms. The van der Waals surface area contributed by atoms with Gasteiger partial charge in [0.1, 0.15) is 5.75 Å². The van der Waals surface area contributed by atoms with Gasteiger partial charge in [0.25, 0.3) is 0 Å². The lowest BCUT2D eigenvalue weighted by Crippen LogP contribution is -2.24. The summed E-state index contributed by atoms with van der Waals surface area (Å²) in [6.45, 7) is 1.36. The third-order valence-electron chi connectivity index (χ3n) is 3.92. The van der Waals surface area contributed by atoms with Crippen LogP contribution in [0.25, 0.3) is 0 Å². The van der Waals surface area contributed by atoms with Gasteiger partial charge in [-0.25, -0.2) is 5.01 Å². The molecule has 3 rings (SSSR count). The number of phenols is 1. The number of carbonyl (C=O) groups is 1. The summed E-state index contributed by atoms with van der Waals surface area (Å²) in [5.41, 5.74) is 0.689. The standard InChI is InChI=1S/C16H15N3O5S/c1-9(20)18-12(7-11(17-18)16-4-3-5-25-16)10-6-13(19(22)23)15(24-2)8-14(10)21/h3-6,8,12,21H,7H2,1-2H3/t12-/m1/s1. The Balaban J connectivity index is 2.05. The van der Waals surface area contributed by atoms with Crippen molar-refractivity contribution in [1.82, 2.24) is 5.01 Å². The van der Waals surface area contributed by atoms with E-state index in [0.29, 0.717) is 12.1 Å². The first-order valence-corrected chi connectivity index (χ1v) is 8.26. The minimum Gasteiger partial charge on any atom is -0.507 e. The second-order valence-electron chi connectivity index (χ2n) is 5.45. The van der Waals surface area contributed by atoms with Crippen molar-refractivity contribution in [1.29, 1.82) is 0 Å². The highest BCUT2D eigenvalue weighted by atomic mass is 32.1. The van der Waals surface area contributed by atoms with Crippen molar-refractivity contribution in [3.8, 4) is 11.5 Å². The highest BCUT2D eigenvalue weighted by Gasteiger charge is 2.35. The van der Waals surface area contributed by atoms with Crippen LogP contribution in [-0.4, -0.2) is 33.8 Å². The number of aromatic hydroxyl groups is 1. The Bertz CT molecular complexity index is 863. The van der Waals surface area contributed by atoms with Crippen LogP contribution in [0.1, 0.15) is 29.8 Å². The summed E-state index contributed by atoms with van der Waals surface area (Å²) in [5, 5.41) is 29.1. The van der Waals surface area contributed by atoms with Gasteiger partial charge in [-0.1, -0.05) is 6.07 Å². The molecule has 9 heteroatoms. The lowest BCUT2D eigenvalue weighted by molar-refractivity contribution is -0.385. The summed E-state index contributed by atoms with van der Waals surface area (Å²) in [6, 6.07) is 5.58. The van der Waals surface area contributed by atoms with Gasteiger partial charge in [-0.2, -0.15) is 5.10 Å². The van der Waals surface area contributed by atoms with E-state index in [1.165, 1.54) is 42.5 Å². The third kappa shape index (κ3) is 3.05. The number of nitro groups is 1. The van der Waals surface area contributed by atoms with Gasteiger partial charge in [0.05, 0.1) is 28.7 Å². The van der Waals surface area contributed by atoms with Crippen LogP contribution in [0.3, 0.4) is 0 Å². The average Bonchev–Trinajstić information content (AvgIpc) is 3.23. The van der Waals surface area contributed by atoms with E-state index in [9.17, 15) is 20.0 Å². The van der Waals surface area contributed by atoms with E-state index in [1.807, 2.05) is 17.5 Å². The Hall–Kier alpha value is -2.94. The van der Waals surface area contributed by atoms with Crippen molar-refractivity contribution in [2.75, 3.05) is 7.11 Å². The lowest BCUT2D eigenvalue weighted by atomic mass is 9.99. The van der Waals surface area contributed by atoms with Crippen molar-refractivity contribution in [2.45, 2.75) is 19.4 Å². The molecule has 1 amide bonds. The zero-order valence-corrected chi connectivity index (χ0v) is 14.3. The Morgan fingerprint density at radius 1 is 1.52 bits per heavy atom. The minimum absolute atomic E-state index is 0.0435. The monoisotopic (exact) mass is 361 g/mol. The van der Waals surface area contributed by atoms with Gasteiger partial charge in [0.2, 0.25) is 11.7 Å². The Morgan fingerprint density at radius 2 is 2.28 bits per heavy atom. The number of hydrazone groups is 1. The second-order valence-corrected chi connectivity index (χ2v) is 6.40. The number of ether oxygens (including phenoxy) is 1. The number of thiophene rings is 1. The molecule has 130 valence electrons. The molecule has 1 aromatic heterocycles. The Kier molecular flexibility index (Phi) is 4.41. The number of phenolic OH excluding ortho intramolecular Hbond substituents is 1. The van der Waals surface area contributed by atoms with Crippen LogP contribution in [-0.2, 0) is 4.79 Å². The van der Waals surface area contributed by atoms with Gasteiger partial charge in [0, 0.05) is 31.0 Å². The van der Waals surface area contributed by atoms with Crippen LogP contribution in [0.5, 0.6) is 11.5 Å². The predicted molar refractivity (Wildman–Crippen MR) is 92.0 cm³/mol. The number of methoxy groups -OCH3 is 1. The molecular weight excluding hydrogens is 346 g/mol. The number of amides is 1. The first-order valence-electron chi connectivity index (χ1n) is 7.38. The van der Waals surface area contributed by atoms with Crippen LogP contribution in [0.15, 0.2) is 34.7 Å². The molecule has 2 heterocycles. The first kappa shape index (κ1) is 16.9. The molecule has 0 saturated carbocycles. The fourth-order valence-corrected chi connectivity index (χ4v) is 3.50. The van der Waals surface area contributed by atoms with E-state index < -0.39 is 11.0 Å². The Labute approximate surface area is 147 Å². The van der Waals surface area contributed by atoms with Gasteiger partial charge in [0.15, 0.2) is 0 Å². The highest BCUT2D eigenvalue weighted by Crippen LogP contribution is 2.42. The van der Waals surface area contributed by atoms with Gasteiger partial charge in [-0.15, -0.1) is 11.3 Å². The topological polar surface area (TPSA) is 105 Å². The van der Waals surface area contributed by atoms with E-state index in [2.05, 4.69) is 5.10 Å². The highest BCUT2D eigenvalue weighted by molar-refractivity contribution is 7.12. The normalized spacial score (nSPS) is 16.6. The first-order chi connectivity index (χ1) is 11.9. The smallest absolute Gasteiger partial charge is 0.311 e. The van der Waals surface area contributed by atoms with E-state index >= 15 is 0 Å². The minimum atomic E-state index is -0.612. The molecular formula is C16H15N3O5S. The second kappa shape index (κ2) is 6.52. The average molecular weight is 361 g/mol. The molecule has 1 N–H and O–H groups in total. The maximum Gasteiger partial charge on any atom is 0.311 e. The summed E-state index contributed by atoms with van der Waals surface area (Å²) in [5.74, 6) is -0.534. The number of hydrogen-bond acceptors (Lipinski definition) is 7. The summed E-state index contributed by atoms with van der Waals surface area (Å²) >= 11 is 1.49. The maximum atomic E-state index is 12.0. The van der Waals surface area contributed by atoms with Crippen molar-refractivity contribution in [3.63, 3.8) is 0 Å². The zero-order valence-electron chi connectivity index (χ0n) is 13.5. The SMILES string of the molecule is COc1cc(O)c([C@H]2CC(c3cccs3)=NN2C(C)=O)cc1[N+](=O)[O-]. The molecule has 1 atom stereocenters. The zero-order chi connectivity index (χ0) is 18.1. The molecule has 2 aromatic rings. The van der Waals surface area contributed by atoms with Crippen LogP contribution in [0.4, 0.5) is 5.69 Å². The fourth-order valence-electron chi connectivity index (χ4n) is 2.78. The lowest BCUT2D eigenvalue weighted by Gasteiger charge is -2.21. The molecule has 1 aliphatic heterocycles. The number of nitro benzene ring substituents is 1. The van der Waals surface area contributed by atoms with E-state index in [0.717, 1.165) is 4.88 Å². The number of carbonyl (C=O) groups excluding carboxylic acids is 1. The van der Waals surface area contributed by atoms with Gasteiger partial charge >= 0.3 is 5.69 Å². The number of hydrogen-bond donors (Lipinski definition) is 1. The predicted octanol–water partition coefficient (Wildman–Crippen LogP) is 3.07. The largest absolute Gasteiger partial charge is 0.507 e. The third-order valence-corrected chi connectivity index (χ3v) is 4.84. The van der Waals surface area contributed by atoms with E-state index in [1.54, 1.807) is 0 Å². The van der Waals surface area contributed by atoms with E-state index in [-0.39, 0.29) is 28.7 Å². The molecule has 1 aliphatic rings. The maximum absolute atomic E-state index is 12.0. The molecule has 0 aliphatic carbocycles. The van der Waals surface area contributed by atoms with Crippen LogP contribution >= 0.6 is 11.3 Å².